The molecule has 6 heteroatoms. The second kappa shape index (κ2) is 7.04. The Labute approximate surface area is 142 Å². The van der Waals surface area contributed by atoms with E-state index in [0.717, 1.165) is 28.5 Å². The molecule has 0 saturated carbocycles. The molecule has 1 amide bonds. The molecule has 0 bridgehead atoms. The lowest BCUT2D eigenvalue weighted by Gasteiger charge is -2.32. The largest absolute Gasteiger partial charge is 0.458 e. The van der Waals surface area contributed by atoms with Crippen LogP contribution in [-0.2, 0) is 0 Å². The van der Waals surface area contributed by atoms with Crippen molar-refractivity contribution in [2.24, 2.45) is 0 Å². The Morgan fingerprint density at radius 1 is 1.23 bits per heavy atom. The van der Waals surface area contributed by atoms with Gasteiger partial charge in [0, 0.05) is 28.1 Å². The van der Waals surface area contributed by atoms with Crippen LogP contribution in [0.25, 0.3) is 0 Å². The number of halogens is 1. The molecule has 2 heterocycles. The van der Waals surface area contributed by atoms with Crippen molar-refractivity contribution in [2.75, 3.05) is 13.1 Å². The average molecular weight is 409 g/mol. The molecule has 1 aromatic carbocycles. The summed E-state index contributed by atoms with van der Waals surface area (Å²) in [5, 5.41) is 0. The van der Waals surface area contributed by atoms with Gasteiger partial charge in [0.05, 0.1) is 6.54 Å². The van der Waals surface area contributed by atoms with E-state index in [-0.39, 0.29) is 12.0 Å². The fourth-order valence-electron chi connectivity index (χ4n) is 2.49. The summed E-state index contributed by atoms with van der Waals surface area (Å²) in [4.78, 5) is 22.5. The highest BCUT2D eigenvalue weighted by Crippen LogP contribution is 2.18. The summed E-state index contributed by atoms with van der Waals surface area (Å²) in [6.45, 7) is 1.34. The molecule has 114 valence electrons. The van der Waals surface area contributed by atoms with Gasteiger partial charge in [-0.25, -0.2) is 9.97 Å². The maximum Gasteiger partial charge on any atom is 0.316 e. The number of carbonyl (C=O) groups excluding carboxylic acids is 1. The Balaban J connectivity index is 1.65. The molecule has 1 fully saturated rings. The van der Waals surface area contributed by atoms with Crippen molar-refractivity contribution < 1.29 is 9.53 Å². The smallest absolute Gasteiger partial charge is 0.316 e. The average Bonchev–Trinajstić information content (AvgIpc) is 2.56. The molecule has 1 aliphatic heterocycles. The molecule has 1 aromatic heterocycles. The van der Waals surface area contributed by atoms with Crippen LogP contribution in [0.5, 0.6) is 6.01 Å². The van der Waals surface area contributed by atoms with E-state index in [0.29, 0.717) is 12.6 Å². The zero-order valence-corrected chi connectivity index (χ0v) is 14.1. The monoisotopic (exact) mass is 409 g/mol. The quantitative estimate of drug-likeness (QED) is 0.732. The van der Waals surface area contributed by atoms with Gasteiger partial charge < -0.3 is 9.64 Å². The first-order chi connectivity index (χ1) is 10.7. The van der Waals surface area contributed by atoms with Gasteiger partial charge in [0.25, 0.3) is 5.91 Å². The number of amides is 1. The van der Waals surface area contributed by atoms with E-state index >= 15 is 0 Å². The summed E-state index contributed by atoms with van der Waals surface area (Å²) < 4.78 is 6.89. The number of carbonyl (C=O) groups is 1. The van der Waals surface area contributed by atoms with Gasteiger partial charge in [0.1, 0.15) is 6.10 Å². The van der Waals surface area contributed by atoms with E-state index in [9.17, 15) is 4.79 Å². The molecular weight excluding hydrogens is 393 g/mol. The maximum absolute atomic E-state index is 12.5. The zero-order chi connectivity index (χ0) is 15.4. The summed E-state index contributed by atoms with van der Waals surface area (Å²) in [7, 11) is 0. The third kappa shape index (κ3) is 3.73. The summed E-state index contributed by atoms with van der Waals surface area (Å²) >= 11 is 2.23. The minimum absolute atomic E-state index is 0.0519. The van der Waals surface area contributed by atoms with Crippen LogP contribution >= 0.6 is 22.6 Å². The van der Waals surface area contributed by atoms with Gasteiger partial charge in [-0.05, 0) is 65.8 Å². The van der Waals surface area contributed by atoms with E-state index in [4.69, 9.17) is 4.74 Å². The summed E-state index contributed by atoms with van der Waals surface area (Å²) in [5.74, 6) is 0.0543. The molecule has 0 N–H and O–H groups in total. The molecule has 0 radical (unpaired) electrons. The van der Waals surface area contributed by atoms with Crippen LogP contribution in [0.3, 0.4) is 0 Å². The maximum atomic E-state index is 12.5. The normalized spacial score (nSPS) is 18.0. The van der Waals surface area contributed by atoms with Gasteiger partial charge in [0.2, 0.25) is 0 Å². The Morgan fingerprint density at radius 3 is 2.68 bits per heavy atom. The predicted molar refractivity (Wildman–Crippen MR) is 90.7 cm³/mol. The van der Waals surface area contributed by atoms with Crippen LogP contribution < -0.4 is 4.74 Å². The van der Waals surface area contributed by atoms with Gasteiger partial charge in [-0.1, -0.05) is 0 Å². The van der Waals surface area contributed by atoms with Crippen LogP contribution in [0, 0.1) is 3.57 Å². The Bertz CT molecular complexity index is 634. The van der Waals surface area contributed by atoms with Crippen LogP contribution in [0.15, 0.2) is 42.7 Å². The fraction of sp³-hybridized carbons (Fsp3) is 0.312. The molecule has 1 saturated heterocycles. The second-order valence-corrected chi connectivity index (χ2v) is 6.42. The highest BCUT2D eigenvalue weighted by Gasteiger charge is 2.26. The number of hydrogen-bond donors (Lipinski definition) is 0. The number of nitrogens with zero attached hydrogens (tertiary/aromatic N) is 3. The first kappa shape index (κ1) is 15.2. The third-order valence-corrected chi connectivity index (χ3v) is 4.29. The Hall–Kier alpha value is -1.70. The van der Waals surface area contributed by atoms with Gasteiger partial charge in [0.15, 0.2) is 0 Å². The number of likely N-dealkylation sites (tertiary alicyclic amines) is 1. The molecule has 1 unspecified atom stereocenters. The molecular formula is C16H16IN3O2. The number of hydrogen-bond acceptors (Lipinski definition) is 4. The van der Waals surface area contributed by atoms with Crippen molar-refractivity contribution in [3.63, 3.8) is 0 Å². The molecule has 1 aliphatic rings. The number of piperidine rings is 1. The van der Waals surface area contributed by atoms with E-state index in [1.165, 1.54) is 0 Å². The van der Waals surface area contributed by atoms with Crippen LogP contribution in [0.4, 0.5) is 0 Å². The lowest BCUT2D eigenvalue weighted by molar-refractivity contribution is 0.0516. The molecule has 5 nitrogen and oxygen atoms in total. The number of benzene rings is 1. The van der Waals surface area contributed by atoms with Gasteiger partial charge in [-0.2, -0.15) is 0 Å². The van der Waals surface area contributed by atoms with E-state index in [1.807, 2.05) is 29.2 Å². The molecule has 0 aliphatic carbocycles. The van der Waals surface area contributed by atoms with Crippen molar-refractivity contribution >= 4 is 28.5 Å². The molecule has 0 spiro atoms. The predicted octanol–water partition coefficient (Wildman–Crippen LogP) is 2.76. The Morgan fingerprint density at radius 2 is 1.95 bits per heavy atom. The van der Waals surface area contributed by atoms with Gasteiger partial charge in [-0.3, -0.25) is 4.79 Å². The van der Waals surface area contributed by atoms with Gasteiger partial charge in [-0.15, -0.1) is 0 Å². The highest BCUT2D eigenvalue weighted by atomic mass is 127. The topological polar surface area (TPSA) is 55.3 Å². The van der Waals surface area contributed by atoms with Crippen LogP contribution in [0.1, 0.15) is 23.2 Å². The molecule has 1 atom stereocenters. The minimum atomic E-state index is -0.0519. The molecule has 3 rings (SSSR count). The summed E-state index contributed by atoms with van der Waals surface area (Å²) in [5.41, 5.74) is 0.719. The SMILES string of the molecule is O=C(c1ccc(I)cc1)N1CCCC(Oc2ncccn2)C1. The fourth-order valence-corrected chi connectivity index (χ4v) is 2.85. The first-order valence-corrected chi connectivity index (χ1v) is 8.29. The summed E-state index contributed by atoms with van der Waals surface area (Å²) in [6.07, 6.45) is 5.09. The van der Waals surface area contributed by atoms with E-state index in [1.54, 1.807) is 18.5 Å². The third-order valence-electron chi connectivity index (χ3n) is 3.57. The van der Waals surface area contributed by atoms with Crippen LogP contribution in [0.2, 0.25) is 0 Å². The van der Waals surface area contributed by atoms with Crippen molar-refractivity contribution in [3.8, 4) is 6.01 Å². The highest BCUT2D eigenvalue weighted by molar-refractivity contribution is 14.1. The van der Waals surface area contributed by atoms with Crippen molar-refractivity contribution in [1.82, 2.24) is 14.9 Å². The van der Waals surface area contributed by atoms with Crippen molar-refractivity contribution in [2.45, 2.75) is 18.9 Å². The zero-order valence-electron chi connectivity index (χ0n) is 12.0. The van der Waals surface area contributed by atoms with Crippen LogP contribution in [-0.4, -0.2) is 40.0 Å². The molecule has 22 heavy (non-hydrogen) atoms. The lowest BCUT2D eigenvalue weighted by Crippen LogP contribution is -2.44. The standard InChI is InChI=1S/C16H16IN3O2/c17-13-6-4-12(5-7-13)15(21)20-10-1-3-14(11-20)22-16-18-8-2-9-19-16/h2,4-9,14H,1,3,10-11H2. The first-order valence-electron chi connectivity index (χ1n) is 7.21. The van der Waals surface area contributed by atoms with E-state index < -0.39 is 0 Å². The van der Waals surface area contributed by atoms with Crippen molar-refractivity contribution in [3.05, 3.63) is 51.9 Å². The number of ether oxygens (including phenoxy) is 1. The Kier molecular flexibility index (Phi) is 4.87. The number of aromatic nitrogens is 2. The number of rotatable bonds is 3. The summed E-state index contributed by atoms with van der Waals surface area (Å²) in [6, 6.07) is 9.76. The molecule has 2 aromatic rings. The minimum Gasteiger partial charge on any atom is -0.458 e. The van der Waals surface area contributed by atoms with Crippen molar-refractivity contribution in [1.29, 1.82) is 0 Å². The lowest BCUT2D eigenvalue weighted by atomic mass is 10.1. The van der Waals surface area contributed by atoms with E-state index in [2.05, 4.69) is 32.6 Å². The van der Waals surface area contributed by atoms with Gasteiger partial charge >= 0.3 is 6.01 Å². The second-order valence-electron chi connectivity index (χ2n) is 5.17.